The summed E-state index contributed by atoms with van der Waals surface area (Å²) in [5.74, 6) is -0.236. The molecule has 0 aliphatic carbocycles. The van der Waals surface area contributed by atoms with Crippen LogP contribution < -0.4 is 5.32 Å². The zero-order chi connectivity index (χ0) is 12.3. The van der Waals surface area contributed by atoms with E-state index in [2.05, 4.69) is 37.2 Å². The van der Waals surface area contributed by atoms with Crippen molar-refractivity contribution in [1.29, 1.82) is 0 Å². The molecule has 0 spiro atoms. The summed E-state index contributed by atoms with van der Waals surface area (Å²) in [7, 11) is 0. The van der Waals surface area contributed by atoms with Crippen molar-refractivity contribution in [3.05, 3.63) is 19.2 Å². The third-order valence-electron chi connectivity index (χ3n) is 1.88. The van der Waals surface area contributed by atoms with E-state index in [1.807, 2.05) is 0 Å². The average molecular weight is 373 g/mol. The predicted octanol–water partition coefficient (Wildman–Crippen LogP) is 1.80. The van der Waals surface area contributed by atoms with E-state index in [9.17, 15) is 15.0 Å². The Balaban J connectivity index is 2.62. The number of carbonyl (C=O) groups is 1. The molecule has 0 aliphatic heterocycles. The molecule has 7 heteroatoms. The number of thiophene rings is 1. The van der Waals surface area contributed by atoms with Crippen LogP contribution in [0.3, 0.4) is 0 Å². The van der Waals surface area contributed by atoms with Crippen LogP contribution in [0.25, 0.3) is 0 Å². The second-order valence-corrected chi connectivity index (χ2v) is 6.48. The van der Waals surface area contributed by atoms with E-state index in [0.717, 1.165) is 8.26 Å². The van der Waals surface area contributed by atoms with Gasteiger partial charge in [0, 0.05) is 22.8 Å². The fraction of sp³-hybridized carbons (Fsp3) is 0.444. The zero-order valence-electron chi connectivity index (χ0n) is 8.41. The lowest BCUT2D eigenvalue weighted by Crippen LogP contribution is -2.33. The molecule has 1 aromatic rings. The molecule has 0 saturated carbocycles. The summed E-state index contributed by atoms with van der Waals surface area (Å²) in [5, 5.41) is 21.9. The molecule has 2 unspecified atom stereocenters. The van der Waals surface area contributed by atoms with Crippen LogP contribution in [0, 0.1) is 0 Å². The van der Waals surface area contributed by atoms with Crippen molar-refractivity contribution in [2.24, 2.45) is 0 Å². The number of amides is 1. The van der Waals surface area contributed by atoms with Crippen molar-refractivity contribution in [2.45, 2.75) is 19.1 Å². The SMILES string of the molecule is CC(=O)NCC(O)C(O)c1cc(Br)c(Br)s1. The minimum absolute atomic E-state index is 0.0314. The summed E-state index contributed by atoms with van der Waals surface area (Å²) in [6.07, 6.45) is -2.01. The molecular weight excluding hydrogens is 362 g/mol. The number of rotatable bonds is 4. The maximum Gasteiger partial charge on any atom is 0.216 e. The standard InChI is InChI=1S/C9H11Br2NO3S/c1-4(13)12-3-6(14)8(15)7-2-5(10)9(11)16-7/h2,6,8,14-15H,3H2,1H3,(H,12,13). The molecule has 0 saturated heterocycles. The number of carbonyl (C=O) groups excluding carboxylic acids is 1. The first-order chi connectivity index (χ1) is 7.41. The van der Waals surface area contributed by atoms with Gasteiger partial charge in [-0.2, -0.15) is 0 Å². The largest absolute Gasteiger partial charge is 0.388 e. The molecule has 1 aromatic heterocycles. The van der Waals surface area contributed by atoms with Crippen LogP contribution in [0.2, 0.25) is 0 Å². The van der Waals surface area contributed by atoms with Gasteiger partial charge in [-0.3, -0.25) is 4.79 Å². The third kappa shape index (κ3) is 3.81. The van der Waals surface area contributed by atoms with Crippen molar-refractivity contribution in [3.63, 3.8) is 0 Å². The highest BCUT2D eigenvalue weighted by Crippen LogP contribution is 2.36. The van der Waals surface area contributed by atoms with E-state index < -0.39 is 12.2 Å². The number of nitrogens with one attached hydrogen (secondary N) is 1. The van der Waals surface area contributed by atoms with Gasteiger partial charge in [0.05, 0.1) is 3.79 Å². The average Bonchev–Trinajstić information content (AvgIpc) is 2.54. The molecule has 0 bridgehead atoms. The highest BCUT2D eigenvalue weighted by Gasteiger charge is 2.21. The van der Waals surface area contributed by atoms with Gasteiger partial charge >= 0.3 is 0 Å². The van der Waals surface area contributed by atoms with Crippen LogP contribution in [0.5, 0.6) is 0 Å². The summed E-state index contributed by atoms with van der Waals surface area (Å²) in [5.41, 5.74) is 0. The summed E-state index contributed by atoms with van der Waals surface area (Å²) < 4.78 is 1.69. The minimum atomic E-state index is -1.01. The van der Waals surface area contributed by atoms with Gasteiger partial charge in [-0.1, -0.05) is 0 Å². The Bertz CT molecular complexity index is 363. The lowest BCUT2D eigenvalue weighted by atomic mass is 10.1. The molecule has 3 N–H and O–H groups in total. The van der Waals surface area contributed by atoms with E-state index in [4.69, 9.17) is 0 Å². The lowest BCUT2D eigenvalue weighted by Gasteiger charge is -2.16. The monoisotopic (exact) mass is 371 g/mol. The Morgan fingerprint density at radius 3 is 2.62 bits per heavy atom. The summed E-state index contributed by atoms with van der Waals surface area (Å²) in [4.78, 5) is 11.3. The van der Waals surface area contributed by atoms with E-state index >= 15 is 0 Å². The van der Waals surface area contributed by atoms with Crippen molar-refractivity contribution in [1.82, 2.24) is 5.32 Å². The summed E-state index contributed by atoms with van der Waals surface area (Å²) >= 11 is 7.93. The molecule has 0 fully saturated rings. The molecule has 4 nitrogen and oxygen atoms in total. The van der Waals surface area contributed by atoms with Gasteiger partial charge in [0.25, 0.3) is 0 Å². The molecule has 1 heterocycles. The molecule has 16 heavy (non-hydrogen) atoms. The van der Waals surface area contributed by atoms with E-state index in [-0.39, 0.29) is 12.5 Å². The highest BCUT2D eigenvalue weighted by molar-refractivity contribution is 9.13. The quantitative estimate of drug-likeness (QED) is 0.754. The van der Waals surface area contributed by atoms with E-state index in [1.54, 1.807) is 6.07 Å². The first-order valence-electron chi connectivity index (χ1n) is 4.47. The van der Waals surface area contributed by atoms with Gasteiger partial charge in [0.15, 0.2) is 0 Å². The third-order valence-corrected chi connectivity index (χ3v) is 5.21. The molecular formula is C9H11Br2NO3S. The first-order valence-corrected chi connectivity index (χ1v) is 6.87. The fourth-order valence-electron chi connectivity index (χ4n) is 1.06. The van der Waals surface area contributed by atoms with E-state index in [0.29, 0.717) is 4.88 Å². The van der Waals surface area contributed by atoms with Crippen molar-refractivity contribution >= 4 is 49.1 Å². The molecule has 2 atom stereocenters. The molecule has 0 aromatic carbocycles. The second kappa shape index (κ2) is 6.11. The molecule has 90 valence electrons. The normalized spacial score (nSPS) is 14.6. The van der Waals surface area contributed by atoms with Crippen LogP contribution in [0.15, 0.2) is 14.3 Å². The zero-order valence-corrected chi connectivity index (χ0v) is 12.4. The smallest absolute Gasteiger partial charge is 0.216 e. The van der Waals surface area contributed by atoms with Crippen molar-refractivity contribution in [2.75, 3.05) is 6.54 Å². The first kappa shape index (κ1) is 14.1. The number of hydrogen-bond donors (Lipinski definition) is 3. The van der Waals surface area contributed by atoms with E-state index in [1.165, 1.54) is 18.3 Å². The van der Waals surface area contributed by atoms with Gasteiger partial charge in [-0.15, -0.1) is 11.3 Å². The fourth-order valence-corrected chi connectivity index (χ4v) is 3.19. The molecule has 1 rings (SSSR count). The topological polar surface area (TPSA) is 69.6 Å². The van der Waals surface area contributed by atoms with Crippen LogP contribution >= 0.6 is 43.2 Å². The number of halogens is 2. The Morgan fingerprint density at radius 1 is 1.56 bits per heavy atom. The lowest BCUT2D eigenvalue weighted by molar-refractivity contribution is -0.119. The van der Waals surface area contributed by atoms with Gasteiger partial charge in [-0.05, 0) is 37.9 Å². The Kier molecular flexibility index (Phi) is 5.39. The van der Waals surface area contributed by atoms with Crippen LogP contribution in [0.1, 0.15) is 17.9 Å². The minimum Gasteiger partial charge on any atom is -0.388 e. The van der Waals surface area contributed by atoms with Gasteiger partial charge in [0.1, 0.15) is 12.2 Å². The Morgan fingerprint density at radius 2 is 2.19 bits per heavy atom. The van der Waals surface area contributed by atoms with Crippen molar-refractivity contribution < 1.29 is 15.0 Å². The number of aliphatic hydroxyl groups excluding tert-OH is 2. The van der Waals surface area contributed by atoms with Gasteiger partial charge < -0.3 is 15.5 Å². The number of hydrogen-bond acceptors (Lipinski definition) is 4. The van der Waals surface area contributed by atoms with Crippen LogP contribution in [-0.2, 0) is 4.79 Å². The van der Waals surface area contributed by atoms with Crippen LogP contribution in [-0.4, -0.2) is 28.8 Å². The number of aliphatic hydroxyl groups is 2. The highest BCUT2D eigenvalue weighted by atomic mass is 79.9. The van der Waals surface area contributed by atoms with Gasteiger partial charge in [0.2, 0.25) is 5.91 Å². The maximum atomic E-state index is 10.6. The molecule has 1 amide bonds. The summed E-state index contributed by atoms with van der Waals surface area (Å²) in [6, 6.07) is 1.73. The Labute approximate surface area is 114 Å². The van der Waals surface area contributed by atoms with Crippen molar-refractivity contribution in [3.8, 4) is 0 Å². The van der Waals surface area contributed by atoms with Gasteiger partial charge in [-0.25, -0.2) is 0 Å². The van der Waals surface area contributed by atoms with Crippen LogP contribution in [0.4, 0.5) is 0 Å². The predicted molar refractivity (Wildman–Crippen MR) is 69.4 cm³/mol. The maximum absolute atomic E-state index is 10.6. The molecule has 0 radical (unpaired) electrons. The molecule has 0 aliphatic rings. The second-order valence-electron chi connectivity index (χ2n) is 3.22. The summed E-state index contributed by atoms with van der Waals surface area (Å²) in [6.45, 7) is 1.39. The Hall–Kier alpha value is 0.0500.